The lowest BCUT2D eigenvalue weighted by molar-refractivity contribution is 0.417. The minimum Gasteiger partial charge on any atom is -0.314 e. The van der Waals surface area contributed by atoms with E-state index in [4.69, 9.17) is 0 Å². The Labute approximate surface area is 142 Å². The van der Waals surface area contributed by atoms with Crippen LogP contribution in [-0.4, -0.2) is 34.0 Å². The zero-order valence-electron chi connectivity index (χ0n) is 13.6. The first-order chi connectivity index (χ1) is 11.7. The van der Waals surface area contributed by atoms with Gasteiger partial charge in [0.15, 0.2) is 0 Å². The van der Waals surface area contributed by atoms with Gasteiger partial charge < -0.3 is 4.57 Å². The number of benzene rings is 1. The third kappa shape index (κ3) is 2.75. The summed E-state index contributed by atoms with van der Waals surface area (Å²) in [5, 5.41) is 8.11. The maximum absolute atomic E-state index is 12.9. The fraction of sp³-hybridized carbons (Fsp3) is 0.529. The van der Waals surface area contributed by atoms with E-state index in [9.17, 15) is 8.42 Å². The van der Waals surface area contributed by atoms with Gasteiger partial charge in [0.2, 0.25) is 10.0 Å². The number of sulfonamides is 1. The zero-order chi connectivity index (χ0) is 16.6. The van der Waals surface area contributed by atoms with Crippen molar-refractivity contribution >= 4 is 10.0 Å². The molecule has 0 saturated carbocycles. The van der Waals surface area contributed by atoms with Crippen LogP contribution in [0.3, 0.4) is 0 Å². The third-order valence-electron chi connectivity index (χ3n) is 5.04. The van der Waals surface area contributed by atoms with E-state index < -0.39 is 15.3 Å². The number of aryl methyl sites for hydroxylation is 1. The topological polar surface area (TPSA) is 68.1 Å². The summed E-state index contributed by atoms with van der Waals surface area (Å²) in [7, 11) is -3.34. The number of nitrogens with zero attached hydrogens (tertiary/aromatic N) is 4. The van der Waals surface area contributed by atoms with Crippen LogP contribution < -0.4 is 0 Å². The Morgan fingerprint density at radius 2 is 1.88 bits per heavy atom. The molecular formula is C17H22N4O2S. The van der Waals surface area contributed by atoms with Crippen LogP contribution in [0.1, 0.15) is 48.1 Å². The molecule has 0 N–H and O–H groups in total. The lowest BCUT2D eigenvalue weighted by Crippen LogP contribution is -2.28. The average Bonchev–Trinajstić information content (AvgIpc) is 2.99. The smallest absolute Gasteiger partial charge is 0.221 e. The Bertz CT molecular complexity index is 816. The summed E-state index contributed by atoms with van der Waals surface area (Å²) in [5.74, 6) is 1.78. The second-order valence-electron chi connectivity index (χ2n) is 6.56. The molecule has 2 aliphatic heterocycles. The van der Waals surface area contributed by atoms with Gasteiger partial charge in [-0.25, -0.2) is 8.42 Å². The van der Waals surface area contributed by atoms with Crippen LogP contribution in [0.15, 0.2) is 30.3 Å². The van der Waals surface area contributed by atoms with Crippen molar-refractivity contribution in [1.29, 1.82) is 0 Å². The molecule has 3 heterocycles. The van der Waals surface area contributed by atoms with Crippen LogP contribution in [0, 0.1) is 0 Å². The number of aromatic nitrogens is 3. The van der Waals surface area contributed by atoms with E-state index in [1.54, 1.807) is 4.31 Å². The van der Waals surface area contributed by atoms with E-state index in [0.717, 1.165) is 43.0 Å². The highest BCUT2D eigenvalue weighted by atomic mass is 32.2. The molecule has 7 heteroatoms. The van der Waals surface area contributed by atoms with Crippen molar-refractivity contribution in [3.05, 3.63) is 47.5 Å². The highest BCUT2D eigenvalue weighted by Crippen LogP contribution is 2.36. The predicted molar refractivity (Wildman–Crippen MR) is 90.7 cm³/mol. The normalized spacial score (nSPS) is 23.8. The van der Waals surface area contributed by atoms with Gasteiger partial charge in [-0.3, -0.25) is 0 Å². The molecule has 0 bridgehead atoms. The summed E-state index contributed by atoms with van der Waals surface area (Å²) in [6.07, 6.45) is 5.01. The van der Waals surface area contributed by atoms with Crippen molar-refractivity contribution in [2.45, 2.75) is 50.4 Å². The summed E-state index contributed by atoms with van der Waals surface area (Å²) in [6.45, 7) is 1.77. The van der Waals surface area contributed by atoms with Crippen molar-refractivity contribution in [1.82, 2.24) is 19.1 Å². The molecule has 0 spiro atoms. The van der Waals surface area contributed by atoms with Gasteiger partial charge in [0, 0.05) is 19.5 Å². The van der Waals surface area contributed by atoms with Crippen molar-refractivity contribution in [3.63, 3.8) is 0 Å². The van der Waals surface area contributed by atoms with Gasteiger partial charge in [-0.05, 0) is 24.8 Å². The van der Waals surface area contributed by atoms with Crippen LogP contribution in [0.4, 0.5) is 0 Å². The Kier molecular flexibility index (Phi) is 4.14. The summed E-state index contributed by atoms with van der Waals surface area (Å²) < 4.78 is 29.5. The predicted octanol–water partition coefficient (Wildman–Crippen LogP) is 2.28. The van der Waals surface area contributed by atoms with Gasteiger partial charge in [-0.2, -0.15) is 4.31 Å². The molecule has 4 rings (SSSR count). The maximum atomic E-state index is 12.9. The molecule has 0 radical (unpaired) electrons. The van der Waals surface area contributed by atoms with Crippen LogP contribution in [0.25, 0.3) is 0 Å². The Morgan fingerprint density at radius 3 is 2.71 bits per heavy atom. The summed E-state index contributed by atoms with van der Waals surface area (Å²) in [4.78, 5) is 0. The molecule has 128 valence electrons. The third-order valence-corrected chi connectivity index (χ3v) is 7.29. The highest BCUT2D eigenvalue weighted by Gasteiger charge is 2.40. The van der Waals surface area contributed by atoms with Crippen molar-refractivity contribution in [2.24, 2.45) is 0 Å². The molecule has 0 aliphatic carbocycles. The molecule has 2 aliphatic rings. The first kappa shape index (κ1) is 15.8. The molecule has 1 fully saturated rings. The van der Waals surface area contributed by atoms with Crippen molar-refractivity contribution in [2.75, 3.05) is 6.54 Å². The monoisotopic (exact) mass is 346 g/mol. The first-order valence-corrected chi connectivity index (χ1v) is 10.1. The zero-order valence-corrected chi connectivity index (χ0v) is 14.5. The second kappa shape index (κ2) is 6.29. The van der Waals surface area contributed by atoms with Gasteiger partial charge in [0.1, 0.15) is 16.9 Å². The number of hydrogen-bond donors (Lipinski definition) is 0. The van der Waals surface area contributed by atoms with Gasteiger partial charge in [0.05, 0.1) is 6.54 Å². The minimum absolute atomic E-state index is 0.332. The molecule has 1 saturated heterocycles. The molecular weight excluding hydrogens is 324 g/mol. The fourth-order valence-corrected chi connectivity index (χ4v) is 5.63. The molecule has 1 atom stereocenters. The molecule has 24 heavy (non-hydrogen) atoms. The van der Waals surface area contributed by atoms with Gasteiger partial charge in [-0.15, -0.1) is 10.2 Å². The molecule has 2 aromatic rings. The molecule has 1 aromatic heterocycles. The standard InChI is InChI=1S/C17H22N4O2S/c22-24(23)15(14-7-3-1-4-8-14)10-12-20(24)13-17-19-18-16-9-5-2-6-11-21(16)17/h1,3-4,7-8,15H,2,5-6,9-13H2. The van der Waals surface area contributed by atoms with E-state index in [-0.39, 0.29) is 0 Å². The Hall–Kier alpha value is -1.73. The van der Waals surface area contributed by atoms with Gasteiger partial charge in [0.25, 0.3) is 0 Å². The summed E-state index contributed by atoms with van der Waals surface area (Å²) in [5.41, 5.74) is 0.875. The lowest BCUT2D eigenvalue weighted by atomic mass is 10.1. The van der Waals surface area contributed by atoms with E-state index in [1.165, 1.54) is 6.42 Å². The Balaban J connectivity index is 1.57. The molecule has 6 nitrogen and oxygen atoms in total. The Morgan fingerprint density at radius 1 is 1.04 bits per heavy atom. The second-order valence-corrected chi connectivity index (χ2v) is 8.68. The van der Waals surface area contributed by atoms with E-state index in [2.05, 4.69) is 14.8 Å². The average molecular weight is 346 g/mol. The SMILES string of the molecule is O=S1(=O)C(c2ccccc2)CCN1Cc1nnc2n1CCCCC2. The van der Waals surface area contributed by atoms with Crippen LogP contribution in [0.5, 0.6) is 0 Å². The van der Waals surface area contributed by atoms with E-state index >= 15 is 0 Å². The first-order valence-electron chi connectivity index (χ1n) is 8.61. The number of hydrogen-bond acceptors (Lipinski definition) is 4. The molecule has 1 aromatic carbocycles. The summed E-state index contributed by atoms with van der Waals surface area (Å²) in [6, 6.07) is 9.50. The van der Waals surface area contributed by atoms with Crippen LogP contribution in [-0.2, 0) is 29.5 Å². The number of rotatable bonds is 3. The quantitative estimate of drug-likeness (QED) is 0.855. The lowest BCUT2D eigenvalue weighted by Gasteiger charge is -2.17. The summed E-state index contributed by atoms with van der Waals surface area (Å²) >= 11 is 0. The van der Waals surface area contributed by atoms with Crippen LogP contribution >= 0.6 is 0 Å². The number of fused-ring (bicyclic) bond motifs is 1. The highest BCUT2D eigenvalue weighted by molar-refractivity contribution is 7.89. The maximum Gasteiger partial charge on any atom is 0.221 e. The van der Waals surface area contributed by atoms with E-state index in [1.807, 2.05) is 30.3 Å². The van der Waals surface area contributed by atoms with Crippen LogP contribution in [0.2, 0.25) is 0 Å². The molecule has 1 unspecified atom stereocenters. The van der Waals surface area contributed by atoms with Gasteiger partial charge in [-0.1, -0.05) is 36.8 Å². The van der Waals surface area contributed by atoms with Crippen molar-refractivity contribution in [3.8, 4) is 0 Å². The molecule has 0 amide bonds. The largest absolute Gasteiger partial charge is 0.314 e. The van der Waals surface area contributed by atoms with E-state index in [0.29, 0.717) is 19.5 Å². The van der Waals surface area contributed by atoms with Crippen molar-refractivity contribution < 1.29 is 8.42 Å². The fourth-order valence-electron chi connectivity index (χ4n) is 3.71. The minimum atomic E-state index is -3.34. The van der Waals surface area contributed by atoms with Gasteiger partial charge >= 0.3 is 0 Å².